The van der Waals surface area contributed by atoms with Gasteiger partial charge in [0.1, 0.15) is 11.5 Å². The van der Waals surface area contributed by atoms with E-state index < -0.39 is 0 Å². The topological polar surface area (TPSA) is 60.9 Å². The molecule has 3 aromatic rings. The number of hydrogen-bond donors (Lipinski definition) is 0. The van der Waals surface area contributed by atoms with Crippen molar-refractivity contribution in [3.63, 3.8) is 0 Å². The summed E-state index contributed by atoms with van der Waals surface area (Å²) in [5.41, 5.74) is 2.08. The average Bonchev–Trinajstić information content (AvgIpc) is 3.43. The van der Waals surface area contributed by atoms with E-state index >= 15 is 0 Å². The Morgan fingerprint density at radius 2 is 2.08 bits per heavy atom. The molecular formula is C20H22N2O4. The van der Waals surface area contributed by atoms with E-state index in [0.29, 0.717) is 17.6 Å². The van der Waals surface area contributed by atoms with Crippen molar-refractivity contribution in [2.24, 2.45) is 0 Å². The number of nitrogens with zero attached hydrogens (tertiary/aromatic N) is 2. The third-order valence-corrected chi connectivity index (χ3v) is 4.85. The van der Waals surface area contributed by atoms with Gasteiger partial charge in [0.25, 0.3) is 0 Å². The second kappa shape index (κ2) is 7.25. The van der Waals surface area contributed by atoms with E-state index in [1.807, 2.05) is 30.3 Å². The van der Waals surface area contributed by atoms with Gasteiger partial charge < -0.3 is 18.4 Å². The number of furan rings is 1. The third kappa shape index (κ3) is 3.20. The van der Waals surface area contributed by atoms with Crippen molar-refractivity contribution >= 4 is 0 Å². The molecule has 0 amide bonds. The minimum Gasteiger partial charge on any atom is -0.497 e. The van der Waals surface area contributed by atoms with Gasteiger partial charge in [-0.2, -0.15) is 0 Å². The summed E-state index contributed by atoms with van der Waals surface area (Å²) in [6.45, 7) is 1.74. The van der Waals surface area contributed by atoms with Crippen molar-refractivity contribution in [2.45, 2.75) is 25.4 Å². The predicted molar refractivity (Wildman–Crippen MR) is 96.1 cm³/mol. The van der Waals surface area contributed by atoms with Crippen molar-refractivity contribution in [1.82, 2.24) is 10.1 Å². The summed E-state index contributed by atoms with van der Waals surface area (Å²) in [5, 5.41) is 4.21. The molecule has 1 aliphatic rings. The lowest BCUT2D eigenvalue weighted by atomic mass is 10.0. The molecule has 4 rings (SSSR count). The fourth-order valence-corrected chi connectivity index (χ4v) is 3.59. The Hall–Kier alpha value is -2.73. The first-order valence-corrected chi connectivity index (χ1v) is 8.74. The molecule has 6 heteroatoms. The summed E-state index contributed by atoms with van der Waals surface area (Å²) >= 11 is 0. The highest BCUT2D eigenvalue weighted by Gasteiger charge is 2.29. The van der Waals surface area contributed by atoms with E-state index in [2.05, 4.69) is 16.1 Å². The van der Waals surface area contributed by atoms with E-state index in [4.69, 9.17) is 18.4 Å². The van der Waals surface area contributed by atoms with Crippen LogP contribution in [0.25, 0.3) is 11.5 Å². The predicted octanol–water partition coefficient (Wildman–Crippen LogP) is 4.29. The van der Waals surface area contributed by atoms with Gasteiger partial charge in [0.05, 0.1) is 26.2 Å². The number of hydrogen-bond acceptors (Lipinski definition) is 6. The quantitative estimate of drug-likeness (QED) is 0.658. The minimum atomic E-state index is 0.291. The molecule has 0 saturated carbocycles. The van der Waals surface area contributed by atoms with Crippen LogP contribution in [-0.2, 0) is 6.54 Å². The van der Waals surface area contributed by atoms with Crippen LogP contribution in [-0.4, -0.2) is 30.8 Å². The summed E-state index contributed by atoms with van der Waals surface area (Å²) in [5.74, 6) is 3.01. The number of ether oxygens (including phenoxy) is 2. The molecule has 1 unspecified atom stereocenters. The van der Waals surface area contributed by atoms with E-state index in [1.165, 1.54) is 5.56 Å². The van der Waals surface area contributed by atoms with Crippen molar-refractivity contribution in [3.8, 4) is 23.0 Å². The highest BCUT2D eigenvalue weighted by molar-refractivity contribution is 5.49. The van der Waals surface area contributed by atoms with Crippen LogP contribution in [0.15, 0.2) is 51.6 Å². The molecule has 0 aliphatic carbocycles. The molecule has 0 bridgehead atoms. The fourth-order valence-electron chi connectivity index (χ4n) is 3.59. The Morgan fingerprint density at radius 3 is 2.85 bits per heavy atom. The number of aromatic nitrogens is 1. The van der Waals surface area contributed by atoms with E-state index in [1.54, 1.807) is 20.5 Å². The summed E-state index contributed by atoms with van der Waals surface area (Å²) in [6, 6.07) is 12.0. The van der Waals surface area contributed by atoms with E-state index in [-0.39, 0.29) is 0 Å². The monoisotopic (exact) mass is 354 g/mol. The highest BCUT2D eigenvalue weighted by atomic mass is 16.5. The van der Waals surface area contributed by atoms with E-state index in [0.717, 1.165) is 43.1 Å². The first-order valence-electron chi connectivity index (χ1n) is 8.74. The normalized spacial score (nSPS) is 17.5. The van der Waals surface area contributed by atoms with Crippen LogP contribution in [0.1, 0.15) is 30.1 Å². The zero-order valence-electron chi connectivity index (χ0n) is 15.0. The molecule has 0 radical (unpaired) electrons. The molecule has 1 saturated heterocycles. The maximum atomic E-state index is 5.60. The first-order chi connectivity index (χ1) is 12.8. The van der Waals surface area contributed by atoms with Crippen molar-refractivity contribution in [2.75, 3.05) is 20.8 Å². The molecule has 136 valence electrons. The number of benzene rings is 1. The summed E-state index contributed by atoms with van der Waals surface area (Å²) in [7, 11) is 3.36. The Labute approximate surface area is 152 Å². The number of rotatable bonds is 6. The SMILES string of the molecule is COc1ccc(C2CCCN2Cc2cc(-c3ccco3)on2)c(OC)c1. The largest absolute Gasteiger partial charge is 0.497 e. The van der Waals surface area contributed by atoms with E-state index in [9.17, 15) is 0 Å². The molecule has 6 nitrogen and oxygen atoms in total. The molecule has 0 N–H and O–H groups in total. The molecule has 0 spiro atoms. The smallest absolute Gasteiger partial charge is 0.202 e. The lowest BCUT2D eigenvalue weighted by Gasteiger charge is -2.25. The Morgan fingerprint density at radius 1 is 1.15 bits per heavy atom. The molecule has 2 aromatic heterocycles. The maximum absolute atomic E-state index is 5.60. The Balaban J connectivity index is 1.54. The van der Waals surface area contributed by atoms with Crippen LogP contribution in [0, 0.1) is 0 Å². The zero-order chi connectivity index (χ0) is 17.9. The minimum absolute atomic E-state index is 0.291. The van der Waals surface area contributed by atoms with Gasteiger partial charge in [-0.3, -0.25) is 4.90 Å². The van der Waals surface area contributed by atoms with Gasteiger partial charge in [-0.1, -0.05) is 11.2 Å². The van der Waals surface area contributed by atoms with Crippen molar-refractivity contribution in [1.29, 1.82) is 0 Å². The summed E-state index contributed by atoms with van der Waals surface area (Å²) in [4.78, 5) is 2.41. The zero-order valence-corrected chi connectivity index (χ0v) is 15.0. The van der Waals surface area contributed by atoms with Gasteiger partial charge in [-0.05, 0) is 37.6 Å². The molecule has 1 atom stereocenters. The van der Waals surface area contributed by atoms with Gasteiger partial charge in [-0.25, -0.2) is 0 Å². The van der Waals surface area contributed by atoms with Crippen LogP contribution >= 0.6 is 0 Å². The van der Waals surface area contributed by atoms with Crippen molar-refractivity contribution in [3.05, 3.63) is 53.9 Å². The molecule has 26 heavy (non-hydrogen) atoms. The van der Waals surface area contributed by atoms with Gasteiger partial charge in [0.15, 0.2) is 5.76 Å². The fraction of sp³-hybridized carbons (Fsp3) is 0.350. The number of likely N-dealkylation sites (tertiary alicyclic amines) is 1. The Bertz CT molecular complexity index is 857. The lowest BCUT2D eigenvalue weighted by Crippen LogP contribution is -2.23. The number of methoxy groups -OCH3 is 2. The molecule has 1 aliphatic heterocycles. The van der Waals surface area contributed by atoms with Crippen molar-refractivity contribution < 1.29 is 18.4 Å². The standard InChI is InChI=1S/C20H22N2O4/c1-23-15-7-8-16(19(12-15)24-2)17-5-3-9-22(17)13-14-11-20(26-21-14)18-6-4-10-25-18/h4,6-8,10-12,17H,3,5,9,13H2,1-2H3. The van der Waals surface area contributed by atoms with Gasteiger partial charge in [0, 0.05) is 30.3 Å². The molecule has 3 heterocycles. The average molecular weight is 354 g/mol. The van der Waals surface area contributed by atoms with Gasteiger partial charge >= 0.3 is 0 Å². The maximum Gasteiger partial charge on any atom is 0.202 e. The van der Waals surface area contributed by atoms with Gasteiger partial charge in [-0.15, -0.1) is 0 Å². The van der Waals surface area contributed by atoms with Crippen LogP contribution in [0.2, 0.25) is 0 Å². The third-order valence-electron chi connectivity index (χ3n) is 4.85. The molecular weight excluding hydrogens is 332 g/mol. The van der Waals surface area contributed by atoms with Gasteiger partial charge in [0.2, 0.25) is 5.76 Å². The van der Waals surface area contributed by atoms with Crippen LogP contribution in [0.3, 0.4) is 0 Å². The highest BCUT2D eigenvalue weighted by Crippen LogP contribution is 2.39. The Kier molecular flexibility index (Phi) is 4.67. The lowest BCUT2D eigenvalue weighted by molar-refractivity contribution is 0.235. The van der Waals surface area contributed by atoms with Crippen LogP contribution < -0.4 is 9.47 Å². The molecule has 1 fully saturated rings. The summed E-state index contributed by atoms with van der Waals surface area (Å²) < 4.78 is 21.7. The summed E-state index contributed by atoms with van der Waals surface area (Å²) in [6.07, 6.45) is 3.86. The second-order valence-corrected chi connectivity index (χ2v) is 6.40. The first kappa shape index (κ1) is 16.7. The molecule has 1 aromatic carbocycles. The second-order valence-electron chi connectivity index (χ2n) is 6.40. The van der Waals surface area contributed by atoms with Crippen LogP contribution in [0.4, 0.5) is 0 Å². The van der Waals surface area contributed by atoms with Crippen LogP contribution in [0.5, 0.6) is 11.5 Å².